The summed E-state index contributed by atoms with van der Waals surface area (Å²) in [4.78, 5) is 0. The molecular weight excluding hydrogens is 397 g/mol. The van der Waals surface area contributed by atoms with E-state index < -0.39 is 0 Å². The Kier molecular flexibility index (Phi) is 5.97. The molecule has 1 unspecified atom stereocenters. The Hall–Kier alpha value is -0.710. The quantitative estimate of drug-likeness (QED) is 0.675. The lowest BCUT2D eigenvalue weighted by Crippen LogP contribution is -2.23. The van der Waals surface area contributed by atoms with E-state index in [-0.39, 0.29) is 11.9 Å². The van der Waals surface area contributed by atoms with E-state index in [2.05, 4.69) is 69.2 Å². The van der Waals surface area contributed by atoms with E-state index in [1.165, 1.54) is 17.2 Å². The van der Waals surface area contributed by atoms with Crippen molar-refractivity contribution in [2.45, 2.75) is 26.3 Å². The van der Waals surface area contributed by atoms with Gasteiger partial charge in [0.1, 0.15) is 5.82 Å². The summed E-state index contributed by atoms with van der Waals surface area (Å²) < 4.78 is 15.4. The summed E-state index contributed by atoms with van der Waals surface area (Å²) in [6.07, 6.45) is 0.755. The van der Waals surface area contributed by atoms with E-state index in [1.807, 2.05) is 6.07 Å². The molecule has 2 aromatic rings. The zero-order valence-corrected chi connectivity index (χ0v) is 15.3. The van der Waals surface area contributed by atoms with Gasteiger partial charge in [-0.2, -0.15) is 0 Å². The van der Waals surface area contributed by atoms with Gasteiger partial charge in [0.25, 0.3) is 0 Å². The molecule has 0 spiro atoms. The van der Waals surface area contributed by atoms with Crippen LogP contribution in [0, 0.1) is 12.7 Å². The molecule has 112 valence electrons. The average molecular weight is 415 g/mol. The highest BCUT2D eigenvalue weighted by Crippen LogP contribution is 2.25. The number of halogens is 3. The molecule has 0 heterocycles. The van der Waals surface area contributed by atoms with Gasteiger partial charge in [0.05, 0.1) is 0 Å². The van der Waals surface area contributed by atoms with Gasteiger partial charge in [-0.05, 0) is 60.8 Å². The predicted octanol–water partition coefficient (Wildman–Crippen LogP) is 5.55. The third-order valence-electron chi connectivity index (χ3n) is 3.40. The van der Waals surface area contributed by atoms with Crippen molar-refractivity contribution < 1.29 is 4.39 Å². The van der Waals surface area contributed by atoms with Gasteiger partial charge in [-0.15, -0.1) is 0 Å². The van der Waals surface area contributed by atoms with Crippen molar-refractivity contribution in [2.75, 3.05) is 6.54 Å². The van der Waals surface area contributed by atoms with Gasteiger partial charge in [0.15, 0.2) is 0 Å². The molecule has 0 aliphatic heterocycles. The molecule has 2 aromatic carbocycles. The molecular formula is C17H18Br2FN. The number of nitrogens with one attached hydrogen (secondary N) is 1. The van der Waals surface area contributed by atoms with Crippen molar-refractivity contribution in [2.24, 2.45) is 0 Å². The van der Waals surface area contributed by atoms with Crippen LogP contribution in [-0.2, 0) is 6.42 Å². The molecule has 4 heteroatoms. The monoisotopic (exact) mass is 413 g/mol. The van der Waals surface area contributed by atoms with Crippen LogP contribution in [0.1, 0.15) is 29.7 Å². The summed E-state index contributed by atoms with van der Waals surface area (Å²) in [7, 11) is 0. The average Bonchev–Trinajstić information content (AvgIpc) is 2.40. The van der Waals surface area contributed by atoms with Crippen LogP contribution in [0.25, 0.3) is 0 Å². The van der Waals surface area contributed by atoms with Gasteiger partial charge in [-0.1, -0.05) is 50.9 Å². The Morgan fingerprint density at radius 1 is 1.14 bits per heavy atom. The van der Waals surface area contributed by atoms with Gasteiger partial charge >= 0.3 is 0 Å². The van der Waals surface area contributed by atoms with E-state index in [0.29, 0.717) is 0 Å². The topological polar surface area (TPSA) is 12.0 Å². The standard InChI is InChI=1S/C17H18Br2FN/c1-3-21-17(13-4-5-16(19)11(2)6-13)9-12-7-14(18)10-15(20)8-12/h4-8,10,17,21H,3,9H2,1-2H3. The van der Waals surface area contributed by atoms with Crippen LogP contribution in [0.3, 0.4) is 0 Å². The summed E-state index contributed by atoms with van der Waals surface area (Å²) in [6.45, 7) is 5.03. The highest BCUT2D eigenvalue weighted by atomic mass is 79.9. The summed E-state index contributed by atoms with van der Waals surface area (Å²) in [5.74, 6) is -0.207. The van der Waals surface area contributed by atoms with E-state index in [4.69, 9.17) is 0 Å². The maximum absolute atomic E-state index is 13.5. The fourth-order valence-electron chi connectivity index (χ4n) is 2.40. The lowest BCUT2D eigenvalue weighted by Gasteiger charge is -2.19. The first-order chi connectivity index (χ1) is 9.99. The minimum absolute atomic E-state index is 0.176. The van der Waals surface area contributed by atoms with Crippen LogP contribution in [0.4, 0.5) is 4.39 Å². The molecule has 0 aromatic heterocycles. The highest BCUT2D eigenvalue weighted by molar-refractivity contribution is 9.10. The van der Waals surface area contributed by atoms with Crippen LogP contribution in [0.2, 0.25) is 0 Å². The summed E-state index contributed by atoms with van der Waals surface area (Å²) in [6, 6.07) is 11.6. The molecule has 0 radical (unpaired) electrons. The Morgan fingerprint density at radius 2 is 1.90 bits per heavy atom. The number of likely N-dealkylation sites (N-methyl/N-ethyl adjacent to an activating group) is 1. The summed E-state index contributed by atoms with van der Waals surface area (Å²) in [5, 5.41) is 3.48. The first-order valence-corrected chi connectivity index (χ1v) is 8.52. The molecule has 1 N–H and O–H groups in total. The second-order valence-corrected chi connectivity index (χ2v) is 6.87. The fourth-order valence-corrected chi connectivity index (χ4v) is 3.16. The van der Waals surface area contributed by atoms with Crippen molar-refractivity contribution >= 4 is 31.9 Å². The van der Waals surface area contributed by atoms with Gasteiger partial charge in [0.2, 0.25) is 0 Å². The van der Waals surface area contributed by atoms with E-state index in [1.54, 1.807) is 6.07 Å². The number of rotatable bonds is 5. The maximum atomic E-state index is 13.5. The molecule has 0 aliphatic carbocycles. The predicted molar refractivity (Wildman–Crippen MR) is 93.1 cm³/mol. The number of benzene rings is 2. The summed E-state index contributed by atoms with van der Waals surface area (Å²) >= 11 is 6.88. The van der Waals surface area contributed by atoms with Crippen LogP contribution in [0.15, 0.2) is 45.3 Å². The Balaban J connectivity index is 2.27. The normalized spacial score (nSPS) is 12.4. The second kappa shape index (κ2) is 7.52. The minimum atomic E-state index is -0.207. The molecule has 1 nitrogen and oxygen atoms in total. The highest BCUT2D eigenvalue weighted by Gasteiger charge is 2.13. The Bertz CT molecular complexity index is 608. The van der Waals surface area contributed by atoms with Gasteiger partial charge in [-0.3, -0.25) is 0 Å². The molecule has 1 atom stereocenters. The summed E-state index contributed by atoms with van der Waals surface area (Å²) in [5.41, 5.74) is 3.40. The lowest BCUT2D eigenvalue weighted by molar-refractivity contribution is 0.546. The van der Waals surface area contributed by atoms with Crippen molar-refractivity contribution in [1.82, 2.24) is 5.32 Å². The van der Waals surface area contributed by atoms with Crippen LogP contribution in [0.5, 0.6) is 0 Å². The molecule has 0 bridgehead atoms. The first kappa shape index (κ1) is 16.7. The minimum Gasteiger partial charge on any atom is -0.310 e. The van der Waals surface area contributed by atoms with Crippen molar-refractivity contribution in [3.05, 3.63) is 67.9 Å². The van der Waals surface area contributed by atoms with Crippen molar-refractivity contribution in [3.63, 3.8) is 0 Å². The van der Waals surface area contributed by atoms with Crippen molar-refractivity contribution in [1.29, 1.82) is 0 Å². The number of aryl methyl sites for hydroxylation is 1. The zero-order chi connectivity index (χ0) is 15.4. The first-order valence-electron chi connectivity index (χ1n) is 6.94. The number of hydrogen-bond acceptors (Lipinski definition) is 1. The molecule has 2 rings (SSSR count). The van der Waals surface area contributed by atoms with Crippen LogP contribution < -0.4 is 5.32 Å². The van der Waals surface area contributed by atoms with E-state index in [9.17, 15) is 4.39 Å². The third-order valence-corrected chi connectivity index (χ3v) is 4.74. The second-order valence-electron chi connectivity index (χ2n) is 5.10. The third kappa shape index (κ3) is 4.63. The van der Waals surface area contributed by atoms with E-state index >= 15 is 0 Å². The molecule has 0 saturated heterocycles. The molecule has 21 heavy (non-hydrogen) atoms. The fraction of sp³-hybridized carbons (Fsp3) is 0.294. The van der Waals surface area contributed by atoms with Crippen LogP contribution in [-0.4, -0.2) is 6.54 Å². The smallest absolute Gasteiger partial charge is 0.124 e. The number of hydrogen-bond donors (Lipinski definition) is 1. The van der Waals surface area contributed by atoms with Gasteiger partial charge in [-0.25, -0.2) is 4.39 Å². The zero-order valence-electron chi connectivity index (χ0n) is 12.1. The Labute approximate surface area is 142 Å². The molecule has 0 amide bonds. The van der Waals surface area contributed by atoms with Crippen molar-refractivity contribution in [3.8, 4) is 0 Å². The van der Waals surface area contributed by atoms with Gasteiger partial charge in [0, 0.05) is 15.0 Å². The maximum Gasteiger partial charge on any atom is 0.124 e. The SMILES string of the molecule is CCNC(Cc1cc(F)cc(Br)c1)c1ccc(Br)c(C)c1. The largest absolute Gasteiger partial charge is 0.310 e. The molecule has 0 fully saturated rings. The lowest BCUT2D eigenvalue weighted by atomic mass is 9.97. The Morgan fingerprint density at radius 3 is 2.52 bits per heavy atom. The molecule has 0 saturated carbocycles. The van der Waals surface area contributed by atoms with Gasteiger partial charge < -0.3 is 5.32 Å². The van der Waals surface area contributed by atoms with E-state index in [0.717, 1.165) is 27.5 Å². The van der Waals surface area contributed by atoms with Crippen LogP contribution >= 0.6 is 31.9 Å². The molecule has 0 aliphatic rings.